The molecule has 0 aliphatic rings. The maximum atomic E-state index is 12.5. The topological polar surface area (TPSA) is 95.9 Å². The molecule has 0 saturated heterocycles. The average Bonchev–Trinajstić information content (AvgIpc) is 3.35. The lowest BCUT2D eigenvalue weighted by Crippen LogP contribution is -2.45. The second-order valence-corrected chi connectivity index (χ2v) is 21.8. The number of esters is 1. The molecular formula is C63H123NO5. The van der Waals surface area contributed by atoms with E-state index in [0.717, 1.165) is 38.5 Å². The Kier molecular flexibility index (Phi) is 58.0. The summed E-state index contributed by atoms with van der Waals surface area (Å²) in [5.41, 5.74) is 0. The highest BCUT2D eigenvalue weighted by molar-refractivity contribution is 5.76. The van der Waals surface area contributed by atoms with E-state index < -0.39 is 12.1 Å². The van der Waals surface area contributed by atoms with Crippen molar-refractivity contribution in [3.05, 3.63) is 12.2 Å². The van der Waals surface area contributed by atoms with E-state index in [1.165, 1.54) is 289 Å². The first-order valence-electron chi connectivity index (χ1n) is 31.5. The molecule has 0 fully saturated rings. The van der Waals surface area contributed by atoms with E-state index in [0.29, 0.717) is 19.4 Å². The molecule has 0 aliphatic carbocycles. The number of rotatable bonds is 59. The Morgan fingerprint density at radius 3 is 0.986 bits per heavy atom. The SMILES string of the molecule is CCCCCCCCCCCCCCCCC/C=C/C(O)C(CO)NC(=O)CCCCCCCCCCCCCCCCCCCCCCCCOC(=O)CCCCCCCCCCCCCCC. The lowest BCUT2D eigenvalue weighted by atomic mass is 10.0. The summed E-state index contributed by atoms with van der Waals surface area (Å²) in [4.78, 5) is 24.5. The molecule has 6 nitrogen and oxygen atoms in total. The van der Waals surface area contributed by atoms with Crippen LogP contribution < -0.4 is 5.32 Å². The third-order valence-electron chi connectivity index (χ3n) is 14.8. The molecule has 69 heavy (non-hydrogen) atoms. The summed E-state index contributed by atoms with van der Waals surface area (Å²) >= 11 is 0. The Morgan fingerprint density at radius 2 is 0.667 bits per heavy atom. The van der Waals surface area contributed by atoms with Gasteiger partial charge in [-0.3, -0.25) is 9.59 Å². The van der Waals surface area contributed by atoms with E-state index in [-0.39, 0.29) is 18.5 Å². The first kappa shape index (κ1) is 67.6. The normalized spacial score (nSPS) is 12.6. The number of aliphatic hydroxyl groups excluding tert-OH is 2. The first-order chi connectivity index (χ1) is 34.0. The molecule has 0 rings (SSSR count). The van der Waals surface area contributed by atoms with Crippen molar-refractivity contribution in [3.63, 3.8) is 0 Å². The van der Waals surface area contributed by atoms with Crippen molar-refractivity contribution in [3.8, 4) is 0 Å². The van der Waals surface area contributed by atoms with Gasteiger partial charge in [0.05, 0.1) is 25.4 Å². The molecule has 1 amide bonds. The summed E-state index contributed by atoms with van der Waals surface area (Å²) in [7, 11) is 0. The van der Waals surface area contributed by atoms with Crippen LogP contribution in [0.2, 0.25) is 0 Å². The van der Waals surface area contributed by atoms with E-state index in [1.54, 1.807) is 6.08 Å². The van der Waals surface area contributed by atoms with Gasteiger partial charge in [0, 0.05) is 12.8 Å². The number of aliphatic hydroxyl groups is 2. The van der Waals surface area contributed by atoms with Crippen LogP contribution in [0.1, 0.15) is 354 Å². The van der Waals surface area contributed by atoms with Crippen molar-refractivity contribution >= 4 is 11.9 Å². The second kappa shape index (κ2) is 59.2. The molecular weight excluding hydrogens is 851 g/mol. The molecule has 0 bridgehead atoms. The lowest BCUT2D eigenvalue weighted by Gasteiger charge is -2.20. The van der Waals surface area contributed by atoms with Gasteiger partial charge in [-0.15, -0.1) is 0 Å². The standard InChI is InChI=1S/C63H123NO5/c1-3-5-7-9-11-13-15-17-18-25-28-32-35-39-43-47-51-55-61(66)60(59-65)64-62(67)56-52-48-44-40-36-33-29-26-23-21-19-20-22-24-27-30-34-38-42-46-50-54-58-69-63(68)57-53-49-45-41-37-31-16-14-12-10-8-6-4-2/h51,55,60-61,65-66H,3-50,52-54,56-59H2,1-2H3,(H,64,67)/b55-51+. The van der Waals surface area contributed by atoms with Gasteiger partial charge in [0.25, 0.3) is 0 Å². The number of amides is 1. The molecule has 0 radical (unpaired) electrons. The summed E-state index contributed by atoms with van der Waals surface area (Å²) in [6, 6.07) is -0.627. The number of carbonyl (C=O) groups is 2. The van der Waals surface area contributed by atoms with Crippen LogP contribution in [-0.4, -0.2) is 47.4 Å². The van der Waals surface area contributed by atoms with Gasteiger partial charge in [-0.2, -0.15) is 0 Å². The zero-order valence-corrected chi connectivity index (χ0v) is 46.8. The fourth-order valence-corrected chi connectivity index (χ4v) is 9.99. The number of carbonyl (C=O) groups excluding carboxylic acids is 2. The molecule has 0 heterocycles. The maximum Gasteiger partial charge on any atom is 0.305 e. The molecule has 3 N–H and O–H groups in total. The quantitative estimate of drug-likeness (QED) is 0.0321. The zero-order chi connectivity index (χ0) is 50.0. The van der Waals surface area contributed by atoms with Crippen molar-refractivity contribution in [2.45, 2.75) is 366 Å². The first-order valence-corrected chi connectivity index (χ1v) is 31.5. The molecule has 0 aromatic heterocycles. The number of hydrogen-bond donors (Lipinski definition) is 3. The van der Waals surface area contributed by atoms with Gasteiger partial charge in [0.15, 0.2) is 0 Å². The summed E-state index contributed by atoms with van der Waals surface area (Å²) < 4.78 is 5.48. The summed E-state index contributed by atoms with van der Waals surface area (Å²) in [5, 5.41) is 23.2. The van der Waals surface area contributed by atoms with Gasteiger partial charge in [-0.05, 0) is 32.1 Å². The van der Waals surface area contributed by atoms with Crippen LogP contribution in [0.4, 0.5) is 0 Å². The number of nitrogens with one attached hydrogen (secondary N) is 1. The third kappa shape index (κ3) is 55.8. The predicted molar refractivity (Wildman–Crippen MR) is 301 cm³/mol. The number of ether oxygens (including phenoxy) is 1. The lowest BCUT2D eigenvalue weighted by molar-refractivity contribution is -0.143. The minimum absolute atomic E-state index is 0.0149. The van der Waals surface area contributed by atoms with E-state index in [2.05, 4.69) is 19.2 Å². The van der Waals surface area contributed by atoms with Crippen LogP contribution in [0, 0.1) is 0 Å². The van der Waals surface area contributed by atoms with E-state index in [4.69, 9.17) is 4.74 Å². The fraction of sp³-hybridized carbons (Fsp3) is 0.937. The number of allylic oxidation sites excluding steroid dienone is 1. The molecule has 0 aromatic carbocycles. The highest BCUT2D eigenvalue weighted by Crippen LogP contribution is 2.18. The average molecular weight is 975 g/mol. The van der Waals surface area contributed by atoms with Crippen LogP contribution >= 0.6 is 0 Å². The van der Waals surface area contributed by atoms with Crippen molar-refractivity contribution in [1.82, 2.24) is 5.32 Å². The van der Waals surface area contributed by atoms with Crippen molar-refractivity contribution < 1.29 is 24.5 Å². The van der Waals surface area contributed by atoms with Crippen molar-refractivity contribution in [1.29, 1.82) is 0 Å². The largest absolute Gasteiger partial charge is 0.466 e. The van der Waals surface area contributed by atoms with Gasteiger partial charge in [0.1, 0.15) is 0 Å². The third-order valence-corrected chi connectivity index (χ3v) is 14.8. The van der Waals surface area contributed by atoms with Crippen LogP contribution in [-0.2, 0) is 14.3 Å². The molecule has 0 aromatic rings. The Bertz CT molecular complexity index is 1030. The van der Waals surface area contributed by atoms with Crippen LogP contribution in [0.3, 0.4) is 0 Å². The highest BCUT2D eigenvalue weighted by atomic mass is 16.5. The second-order valence-electron chi connectivity index (χ2n) is 21.8. The van der Waals surface area contributed by atoms with Crippen molar-refractivity contribution in [2.24, 2.45) is 0 Å². The smallest absolute Gasteiger partial charge is 0.305 e. The predicted octanol–water partition coefficient (Wildman–Crippen LogP) is 19.6. The van der Waals surface area contributed by atoms with Crippen LogP contribution in [0.15, 0.2) is 12.2 Å². The van der Waals surface area contributed by atoms with Gasteiger partial charge < -0.3 is 20.3 Å². The molecule has 0 saturated carbocycles. The summed E-state index contributed by atoms with van der Waals surface area (Å²) in [6.45, 7) is 4.93. The van der Waals surface area contributed by atoms with Crippen LogP contribution in [0.25, 0.3) is 0 Å². The fourth-order valence-electron chi connectivity index (χ4n) is 9.99. The highest BCUT2D eigenvalue weighted by Gasteiger charge is 2.18. The molecule has 2 unspecified atom stereocenters. The Labute approximate surface area is 431 Å². The van der Waals surface area contributed by atoms with Crippen molar-refractivity contribution in [2.75, 3.05) is 13.2 Å². The number of unbranched alkanes of at least 4 members (excludes halogenated alkanes) is 48. The monoisotopic (exact) mass is 974 g/mol. The van der Waals surface area contributed by atoms with Gasteiger partial charge in [-0.1, -0.05) is 321 Å². The van der Waals surface area contributed by atoms with E-state index in [9.17, 15) is 19.8 Å². The Morgan fingerprint density at radius 1 is 0.391 bits per heavy atom. The molecule has 6 heteroatoms. The minimum atomic E-state index is -0.844. The zero-order valence-electron chi connectivity index (χ0n) is 46.8. The van der Waals surface area contributed by atoms with E-state index >= 15 is 0 Å². The molecule has 2 atom stereocenters. The van der Waals surface area contributed by atoms with Crippen LogP contribution in [0.5, 0.6) is 0 Å². The Balaban J connectivity index is 3.39. The minimum Gasteiger partial charge on any atom is -0.466 e. The molecule has 0 spiro atoms. The summed E-state index contributed by atoms with van der Waals surface area (Å²) in [5.74, 6) is -0.0502. The van der Waals surface area contributed by atoms with E-state index in [1.807, 2.05) is 6.08 Å². The summed E-state index contributed by atoms with van der Waals surface area (Å²) in [6.07, 6.45) is 71.1. The molecule has 0 aliphatic heterocycles. The van der Waals surface area contributed by atoms with Gasteiger partial charge in [-0.25, -0.2) is 0 Å². The van der Waals surface area contributed by atoms with Gasteiger partial charge >= 0.3 is 5.97 Å². The molecule has 410 valence electrons. The number of hydrogen-bond acceptors (Lipinski definition) is 5. The van der Waals surface area contributed by atoms with Gasteiger partial charge in [0.2, 0.25) is 5.91 Å². The maximum absolute atomic E-state index is 12.5. The Hall–Kier alpha value is -1.40.